The van der Waals surface area contributed by atoms with E-state index in [0.29, 0.717) is 6.04 Å². The minimum Gasteiger partial charge on any atom is -0.341 e. The first-order chi connectivity index (χ1) is 9.72. The number of hydrogen-bond donors (Lipinski definition) is 1. The second-order valence-electron chi connectivity index (χ2n) is 5.96. The average molecular weight is 272 g/mol. The van der Waals surface area contributed by atoms with E-state index in [1.165, 1.54) is 19.5 Å². The molecular weight excluding hydrogens is 248 g/mol. The van der Waals surface area contributed by atoms with Crippen LogP contribution in [0.2, 0.25) is 0 Å². The highest BCUT2D eigenvalue weighted by atomic mass is 15.2. The molecule has 0 saturated carbocycles. The molecule has 20 heavy (non-hydrogen) atoms. The zero-order valence-corrected chi connectivity index (χ0v) is 12.5. The van der Waals surface area contributed by atoms with E-state index < -0.39 is 0 Å². The lowest BCUT2D eigenvalue weighted by atomic mass is 10.3. The average Bonchev–Trinajstić information content (AvgIpc) is 2.68. The molecule has 1 saturated heterocycles. The standard InChI is InChI=1S/C16H24N4/c1-13(2)20-9-5-8-19(10-11-20)12-16-17-14-6-3-4-7-15(14)18-16/h3-4,6-7,13H,5,8-12H2,1-2H3,(H,17,18). The van der Waals surface area contributed by atoms with Gasteiger partial charge in [0.25, 0.3) is 0 Å². The molecule has 4 nitrogen and oxygen atoms in total. The Morgan fingerprint density at radius 2 is 2.00 bits per heavy atom. The minimum atomic E-state index is 0.654. The summed E-state index contributed by atoms with van der Waals surface area (Å²) in [6.07, 6.45) is 1.25. The molecule has 1 aromatic carbocycles. The number of imidazole rings is 1. The molecule has 2 aromatic rings. The molecule has 0 aliphatic carbocycles. The van der Waals surface area contributed by atoms with Crippen molar-refractivity contribution >= 4 is 11.0 Å². The first-order valence-electron chi connectivity index (χ1n) is 7.62. The van der Waals surface area contributed by atoms with Gasteiger partial charge >= 0.3 is 0 Å². The van der Waals surface area contributed by atoms with Crippen LogP contribution in [0.5, 0.6) is 0 Å². The fourth-order valence-electron chi connectivity index (χ4n) is 2.96. The van der Waals surface area contributed by atoms with Crippen LogP contribution < -0.4 is 0 Å². The van der Waals surface area contributed by atoms with Gasteiger partial charge in [-0.3, -0.25) is 9.80 Å². The summed E-state index contributed by atoms with van der Waals surface area (Å²) in [5, 5.41) is 0. The molecule has 0 amide bonds. The van der Waals surface area contributed by atoms with Crippen molar-refractivity contribution < 1.29 is 0 Å². The number of fused-ring (bicyclic) bond motifs is 1. The lowest BCUT2D eigenvalue weighted by Gasteiger charge is -2.24. The van der Waals surface area contributed by atoms with Gasteiger partial charge in [-0.2, -0.15) is 0 Å². The van der Waals surface area contributed by atoms with Gasteiger partial charge in [0, 0.05) is 19.1 Å². The Balaban J connectivity index is 1.65. The first kappa shape index (κ1) is 13.6. The van der Waals surface area contributed by atoms with E-state index >= 15 is 0 Å². The van der Waals surface area contributed by atoms with Gasteiger partial charge < -0.3 is 4.98 Å². The van der Waals surface area contributed by atoms with Crippen molar-refractivity contribution in [2.45, 2.75) is 32.9 Å². The quantitative estimate of drug-likeness (QED) is 0.932. The van der Waals surface area contributed by atoms with Gasteiger partial charge in [0.1, 0.15) is 5.82 Å². The Morgan fingerprint density at radius 3 is 2.80 bits per heavy atom. The highest BCUT2D eigenvalue weighted by Crippen LogP contribution is 2.13. The van der Waals surface area contributed by atoms with Crippen LogP contribution in [0.25, 0.3) is 11.0 Å². The van der Waals surface area contributed by atoms with Crippen LogP contribution in [0, 0.1) is 0 Å². The van der Waals surface area contributed by atoms with E-state index in [0.717, 1.165) is 36.5 Å². The molecule has 0 spiro atoms. The number of para-hydroxylation sites is 2. The number of benzene rings is 1. The van der Waals surface area contributed by atoms with Gasteiger partial charge in [-0.1, -0.05) is 12.1 Å². The third-order valence-electron chi connectivity index (χ3n) is 4.17. The Morgan fingerprint density at radius 1 is 1.15 bits per heavy atom. The number of rotatable bonds is 3. The van der Waals surface area contributed by atoms with Crippen molar-refractivity contribution in [3.8, 4) is 0 Å². The van der Waals surface area contributed by atoms with Crippen LogP contribution in [0.3, 0.4) is 0 Å². The second-order valence-corrected chi connectivity index (χ2v) is 5.96. The van der Waals surface area contributed by atoms with Crippen LogP contribution in [0.15, 0.2) is 24.3 Å². The van der Waals surface area contributed by atoms with Crippen LogP contribution >= 0.6 is 0 Å². The third kappa shape index (κ3) is 3.02. The molecule has 1 aromatic heterocycles. The second kappa shape index (κ2) is 5.94. The smallest absolute Gasteiger partial charge is 0.121 e. The van der Waals surface area contributed by atoms with Crippen molar-refractivity contribution in [1.82, 2.24) is 19.8 Å². The predicted molar refractivity (Wildman–Crippen MR) is 82.7 cm³/mol. The van der Waals surface area contributed by atoms with Gasteiger partial charge in [0.05, 0.1) is 17.6 Å². The van der Waals surface area contributed by atoms with Crippen molar-refractivity contribution in [3.05, 3.63) is 30.1 Å². The number of nitrogens with zero attached hydrogens (tertiary/aromatic N) is 3. The van der Waals surface area contributed by atoms with Gasteiger partial charge in [-0.05, 0) is 45.5 Å². The normalized spacial score (nSPS) is 18.8. The van der Waals surface area contributed by atoms with Gasteiger partial charge in [-0.15, -0.1) is 0 Å². The number of aromatic amines is 1. The maximum Gasteiger partial charge on any atom is 0.121 e. The number of nitrogens with one attached hydrogen (secondary N) is 1. The van der Waals surface area contributed by atoms with Crippen molar-refractivity contribution in [2.75, 3.05) is 26.2 Å². The Bertz CT molecular complexity index is 527. The Hall–Kier alpha value is -1.39. The monoisotopic (exact) mass is 272 g/mol. The zero-order valence-electron chi connectivity index (χ0n) is 12.5. The van der Waals surface area contributed by atoms with E-state index in [1.807, 2.05) is 6.07 Å². The molecular formula is C16H24N4. The van der Waals surface area contributed by atoms with Gasteiger partial charge in [0.2, 0.25) is 0 Å². The molecule has 4 heteroatoms. The maximum absolute atomic E-state index is 4.68. The summed E-state index contributed by atoms with van der Waals surface area (Å²) in [6, 6.07) is 8.91. The van der Waals surface area contributed by atoms with Crippen LogP contribution in [-0.4, -0.2) is 52.0 Å². The van der Waals surface area contributed by atoms with E-state index in [-0.39, 0.29) is 0 Å². The van der Waals surface area contributed by atoms with Crippen molar-refractivity contribution in [2.24, 2.45) is 0 Å². The van der Waals surface area contributed by atoms with Crippen molar-refractivity contribution in [1.29, 1.82) is 0 Å². The molecule has 108 valence electrons. The Kier molecular flexibility index (Phi) is 4.03. The van der Waals surface area contributed by atoms with E-state index in [4.69, 9.17) is 0 Å². The summed E-state index contributed by atoms with van der Waals surface area (Å²) < 4.78 is 0. The summed E-state index contributed by atoms with van der Waals surface area (Å²) >= 11 is 0. The van der Waals surface area contributed by atoms with E-state index in [9.17, 15) is 0 Å². The summed E-state index contributed by atoms with van der Waals surface area (Å²) in [7, 11) is 0. The predicted octanol–water partition coefficient (Wildman–Crippen LogP) is 2.48. The number of H-pyrrole nitrogens is 1. The molecule has 1 aliphatic rings. The van der Waals surface area contributed by atoms with Gasteiger partial charge in [-0.25, -0.2) is 4.98 Å². The van der Waals surface area contributed by atoms with Crippen molar-refractivity contribution in [3.63, 3.8) is 0 Å². The fraction of sp³-hybridized carbons (Fsp3) is 0.562. The molecule has 3 rings (SSSR count). The molecule has 0 bridgehead atoms. The summed E-state index contributed by atoms with van der Waals surface area (Å²) in [5.41, 5.74) is 2.21. The van der Waals surface area contributed by atoms with Crippen LogP contribution in [0.1, 0.15) is 26.1 Å². The lowest BCUT2D eigenvalue weighted by Crippen LogP contribution is -2.35. The SMILES string of the molecule is CC(C)N1CCCN(Cc2nc3ccccc3[nH]2)CC1. The molecule has 0 atom stereocenters. The maximum atomic E-state index is 4.68. The summed E-state index contributed by atoms with van der Waals surface area (Å²) in [4.78, 5) is 13.2. The molecule has 2 heterocycles. The van der Waals surface area contributed by atoms with E-state index in [1.54, 1.807) is 0 Å². The molecule has 1 fully saturated rings. The minimum absolute atomic E-state index is 0.654. The van der Waals surface area contributed by atoms with Gasteiger partial charge in [0.15, 0.2) is 0 Å². The topological polar surface area (TPSA) is 35.2 Å². The number of aromatic nitrogens is 2. The third-order valence-corrected chi connectivity index (χ3v) is 4.17. The largest absolute Gasteiger partial charge is 0.341 e. The molecule has 1 N–H and O–H groups in total. The fourth-order valence-corrected chi connectivity index (χ4v) is 2.96. The zero-order chi connectivity index (χ0) is 13.9. The summed E-state index contributed by atoms with van der Waals surface area (Å²) in [5.74, 6) is 1.09. The van der Waals surface area contributed by atoms with E-state index in [2.05, 4.69) is 51.8 Å². The molecule has 0 radical (unpaired) electrons. The highest BCUT2D eigenvalue weighted by Gasteiger charge is 2.17. The molecule has 0 unspecified atom stereocenters. The molecule has 1 aliphatic heterocycles. The summed E-state index contributed by atoms with van der Waals surface area (Å²) in [6.45, 7) is 10.2. The number of hydrogen-bond acceptors (Lipinski definition) is 3. The Labute approximate surface area is 120 Å². The first-order valence-corrected chi connectivity index (χ1v) is 7.62. The lowest BCUT2D eigenvalue weighted by molar-refractivity contribution is 0.217. The van der Waals surface area contributed by atoms with Crippen LogP contribution in [-0.2, 0) is 6.54 Å². The van der Waals surface area contributed by atoms with Crippen LogP contribution in [0.4, 0.5) is 0 Å². The highest BCUT2D eigenvalue weighted by molar-refractivity contribution is 5.74.